The molecule has 9 nitrogen and oxygen atoms in total. The van der Waals surface area contributed by atoms with Crippen LogP contribution in [-0.2, 0) is 16.0 Å². The van der Waals surface area contributed by atoms with Crippen LogP contribution in [0.4, 0.5) is 14.0 Å². The van der Waals surface area contributed by atoms with Gasteiger partial charge in [0.1, 0.15) is 17.0 Å². The topological polar surface area (TPSA) is 118 Å². The van der Waals surface area contributed by atoms with E-state index in [0.717, 1.165) is 12.1 Å². The largest absolute Gasteiger partial charge is 0.504 e. The number of aromatic hydroxyl groups is 1. The minimum Gasteiger partial charge on any atom is -0.504 e. The first kappa shape index (κ1) is 24.0. The van der Waals surface area contributed by atoms with Crippen LogP contribution in [0.1, 0.15) is 47.1 Å². The van der Waals surface area contributed by atoms with E-state index in [1.165, 1.54) is 7.11 Å². The van der Waals surface area contributed by atoms with Gasteiger partial charge >= 0.3 is 12.2 Å². The van der Waals surface area contributed by atoms with Gasteiger partial charge < -0.3 is 24.6 Å². The van der Waals surface area contributed by atoms with E-state index in [4.69, 9.17) is 14.2 Å². The molecule has 1 aromatic carbocycles. The Hall–Kier alpha value is -3.04. The third-order valence-corrected chi connectivity index (χ3v) is 3.01. The maximum atomic E-state index is 14.2. The lowest BCUT2D eigenvalue weighted by Gasteiger charge is -2.21. The molecule has 29 heavy (non-hydrogen) atoms. The highest BCUT2D eigenvalue weighted by Gasteiger charge is 2.20. The van der Waals surface area contributed by atoms with Crippen molar-refractivity contribution in [1.82, 2.24) is 10.6 Å². The molecule has 0 aliphatic rings. The predicted octanol–water partition coefficient (Wildman–Crippen LogP) is 3.45. The van der Waals surface area contributed by atoms with Gasteiger partial charge in [0.15, 0.2) is 11.5 Å². The van der Waals surface area contributed by atoms with Crippen LogP contribution < -0.4 is 15.4 Å². The smallest absolute Gasteiger partial charge is 0.437 e. The van der Waals surface area contributed by atoms with Crippen molar-refractivity contribution in [3.05, 3.63) is 23.5 Å². The number of hydrogen-bond acceptors (Lipinski definition) is 6. The van der Waals surface area contributed by atoms with E-state index in [-0.39, 0.29) is 29.6 Å². The molecule has 0 saturated heterocycles. The van der Waals surface area contributed by atoms with Gasteiger partial charge in [-0.05, 0) is 47.6 Å². The Kier molecular flexibility index (Phi) is 7.81. The molecule has 0 atom stereocenters. The van der Waals surface area contributed by atoms with Gasteiger partial charge in [0.05, 0.1) is 7.11 Å². The van der Waals surface area contributed by atoms with Crippen LogP contribution in [0.3, 0.4) is 0 Å². The molecule has 1 rings (SSSR count). The number of amides is 2. The standard InChI is InChI=1S/C19H28FN3O6/c1-18(2,3)28-16(25)22-15(23-17(26)29-19(4,5)6)21-10-11-8-13(24)14(27-7)9-12(11)20/h8-9,24H,10H2,1-7H3,(H2,21,22,23,25,26). The van der Waals surface area contributed by atoms with Crippen molar-refractivity contribution in [2.75, 3.05) is 7.11 Å². The molecule has 0 aromatic heterocycles. The first-order valence-electron chi connectivity index (χ1n) is 8.81. The molecule has 0 bridgehead atoms. The zero-order valence-corrected chi connectivity index (χ0v) is 17.7. The number of nitrogens with one attached hydrogen (secondary N) is 2. The summed E-state index contributed by atoms with van der Waals surface area (Å²) in [5.74, 6) is -1.26. The van der Waals surface area contributed by atoms with Gasteiger partial charge in [-0.1, -0.05) is 0 Å². The Labute approximate surface area is 169 Å². The number of benzene rings is 1. The van der Waals surface area contributed by atoms with Crippen LogP contribution >= 0.6 is 0 Å². The minimum atomic E-state index is -0.964. The number of carbonyl (C=O) groups is 2. The molecular weight excluding hydrogens is 385 g/mol. The lowest BCUT2D eigenvalue weighted by Crippen LogP contribution is -2.44. The first-order chi connectivity index (χ1) is 13.2. The zero-order valence-electron chi connectivity index (χ0n) is 17.7. The van der Waals surface area contributed by atoms with E-state index < -0.39 is 29.2 Å². The Morgan fingerprint density at radius 1 is 1.10 bits per heavy atom. The summed E-state index contributed by atoms with van der Waals surface area (Å²) >= 11 is 0. The van der Waals surface area contributed by atoms with Gasteiger partial charge in [0, 0.05) is 18.2 Å². The molecule has 0 fully saturated rings. The second kappa shape index (κ2) is 9.44. The fourth-order valence-corrected chi connectivity index (χ4v) is 1.95. The number of aliphatic imine (C=N–C) groups is 1. The molecule has 0 spiro atoms. The molecule has 0 heterocycles. The van der Waals surface area contributed by atoms with Crippen molar-refractivity contribution in [3.63, 3.8) is 0 Å². The van der Waals surface area contributed by atoms with Crippen molar-refractivity contribution >= 4 is 18.1 Å². The van der Waals surface area contributed by atoms with Crippen molar-refractivity contribution in [3.8, 4) is 11.5 Å². The van der Waals surface area contributed by atoms with Crippen LogP contribution in [0.2, 0.25) is 0 Å². The van der Waals surface area contributed by atoms with Crippen LogP contribution in [0.5, 0.6) is 11.5 Å². The second-order valence-corrected chi connectivity index (χ2v) is 8.04. The monoisotopic (exact) mass is 413 g/mol. The molecule has 162 valence electrons. The van der Waals surface area contributed by atoms with Crippen molar-refractivity contribution in [2.24, 2.45) is 4.99 Å². The molecule has 0 aliphatic carbocycles. The molecule has 0 unspecified atom stereocenters. The van der Waals surface area contributed by atoms with E-state index in [0.29, 0.717) is 0 Å². The highest BCUT2D eigenvalue weighted by molar-refractivity contribution is 5.98. The quantitative estimate of drug-likeness (QED) is 0.513. The van der Waals surface area contributed by atoms with Crippen LogP contribution in [0.15, 0.2) is 17.1 Å². The molecular formula is C19H28FN3O6. The van der Waals surface area contributed by atoms with E-state index in [9.17, 15) is 19.1 Å². The van der Waals surface area contributed by atoms with Gasteiger partial charge in [0.25, 0.3) is 0 Å². The van der Waals surface area contributed by atoms with Crippen molar-refractivity contribution in [1.29, 1.82) is 0 Å². The molecule has 10 heteroatoms. The summed E-state index contributed by atoms with van der Waals surface area (Å²) < 4.78 is 29.2. The van der Waals surface area contributed by atoms with Gasteiger partial charge in [-0.15, -0.1) is 4.99 Å². The number of halogens is 1. The van der Waals surface area contributed by atoms with Crippen LogP contribution in [0.25, 0.3) is 0 Å². The molecule has 3 N–H and O–H groups in total. The normalized spacial score (nSPS) is 12.2. The number of hydrogen-bond donors (Lipinski definition) is 3. The van der Waals surface area contributed by atoms with Crippen molar-refractivity contribution < 1.29 is 33.3 Å². The SMILES string of the molecule is COc1cc(F)c(CN/C(=N/C(=O)OC(C)(C)C)NC(=O)OC(C)(C)C)cc1O. The highest BCUT2D eigenvalue weighted by Crippen LogP contribution is 2.28. The summed E-state index contributed by atoms with van der Waals surface area (Å²) in [6, 6.07) is 2.16. The molecule has 2 amide bonds. The Morgan fingerprint density at radius 3 is 2.21 bits per heavy atom. The summed E-state index contributed by atoms with van der Waals surface area (Å²) in [5.41, 5.74) is -1.54. The molecule has 0 aliphatic heterocycles. The summed E-state index contributed by atoms with van der Waals surface area (Å²) in [5, 5.41) is 14.7. The van der Waals surface area contributed by atoms with E-state index in [1.807, 2.05) is 0 Å². The maximum absolute atomic E-state index is 14.2. The van der Waals surface area contributed by atoms with Crippen molar-refractivity contribution in [2.45, 2.75) is 59.3 Å². The fraction of sp³-hybridized carbons (Fsp3) is 0.526. The third kappa shape index (κ3) is 9.13. The lowest BCUT2D eigenvalue weighted by atomic mass is 10.2. The Balaban J connectivity index is 3.01. The molecule has 0 saturated carbocycles. The number of alkyl carbamates (subject to hydrolysis) is 1. The number of carbonyl (C=O) groups excluding carboxylic acids is 2. The van der Waals surface area contributed by atoms with Crippen LogP contribution in [0, 0.1) is 5.82 Å². The van der Waals surface area contributed by atoms with Gasteiger partial charge in [-0.3, -0.25) is 5.32 Å². The molecule has 1 aromatic rings. The van der Waals surface area contributed by atoms with E-state index in [1.54, 1.807) is 41.5 Å². The first-order valence-corrected chi connectivity index (χ1v) is 8.81. The fourth-order valence-electron chi connectivity index (χ4n) is 1.95. The number of phenolic OH excluding ortho intramolecular Hbond substituents is 1. The number of methoxy groups -OCH3 is 1. The summed E-state index contributed by atoms with van der Waals surface area (Å²) in [6.45, 7) is 9.76. The second-order valence-electron chi connectivity index (χ2n) is 8.04. The highest BCUT2D eigenvalue weighted by atomic mass is 19.1. The molecule has 0 radical (unpaired) electrons. The van der Waals surface area contributed by atoms with Crippen LogP contribution in [-0.4, -0.2) is 41.6 Å². The lowest BCUT2D eigenvalue weighted by molar-refractivity contribution is 0.0560. The summed E-state index contributed by atoms with van der Waals surface area (Å²) in [6.07, 6.45) is -1.83. The minimum absolute atomic E-state index is 0.0271. The number of ether oxygens (including phenoxy) is 3. The van der Waals surface area contributed by atoms with E-state index in [2.05, 4.69) is 15.6 Å². The average molecular weight is 413 g/mol. The van der Waals surface area contributed by atoms with Gasteiger partial charge in [-0.25, -0.2) is 14.0 Å². The van der Waals surface area contributed by atoms with Gasteiger partial charge in [-0.2, -0.15) is 0 Å². The number of nitrogens with zero attached hydrogens (tertiary/aromatic N) is 1. The zero-order chi connectivity index (χ0) is 22.4. The van der Waals surface area contributed by atoms with Gasteiger partial charge in [0.2, 0.25) is 5.96 Å². The Morgan fingerprint density at radius 2 is 1.69 bits per heavy atom. The number of rotatable bonds is 3. The number of phenols is 1. The maximum Gasteiger partial charge on any atom is 0.437 e. The Bertz CT molecular complexity index is 781. The van der Waals surface area contributed by atoms with E-state index >= 15 is 0 Å². The third-order valence-electron chi connectivity index (χ3n) is 3.01. The summed E-state index contributed by atoms with van der Waals surface area (Å²) in [4.78, 5) is 27.6. The summed E-state index contributed by atoms with van der Waals surface area (Å²) in [7, 11) is 1.29. The number of guanidine groups is 1. The average Bonchev–Trinajstić information content (AvgIpc) is 2.51. The predicted molar refractivity (Wildman–Crippen MR) is 104 cm³/mol.